The Labute approximate surface area is 172 Å². The van der Waals surface area contributed by atoms with Crippen molar-refractivity contribution in [3.05, 3.63) is 68.0 Å². The molecule has 2 aromatic rings. The van der Waals surface area contributed by atoms with Gasteiger partial charge in [0, 0.05) is 37.9 Å². The van der Waals surface area contributed by atoms with Crippen molar-refractivity contribution >= 4 is 0 Å². The molecule has 0 bridgehead atoms. The van der Waals surface area contributed by atoms with Crippen LogP contribution >= 0.6 is 0 Å². The van der Waals surface area contributed by atoms with Gasteiger partial charge in [-0.25, -0.2) is 4.79 Å². The predicted molar refractivity (Wildman–Crippen MR) is 115 cm³/mol. The van der Waals surface area contributed by atoms with Crippen molar-refractivity contribution in [3.8, 4) is 0 Å². The summed E-state index contributed by atoms with van der Waals surface area (Å²) in [6, 6.07) is 10.6. The molecule has 1 aromatic heterocycles. The fourth-order valence-electron chi connectivity index (χ4n) is 5.05. The van der Waals surface area contributed by atoms with Crippen LogP contribution in [0, 0.1) is 5.41 Å². The molecule has 1 spiro atoms. The number of H-pyrrole nitrogens is 2. The zero-order chi connectivity index (χ0) is 20.4. The first-order chi connectivity index (χ1) is 13.9. The molecule has 6 heteroatoms. The molecule has 4 rings (SSSR count). The van der Waals surface area contributed by atoms with Crippen molar-refractivity contribution in [1.82, 2.24) is 19.8 Å². The van der Waals surface area contributed by atoms with Crippen molar-refractivity contribution in [2.45, 2.75) is 52.1 Å². The van der Waals surface area contributed by atoms with Crippen LogP contribution in [-0.2, 0) is 13.1 Å². The third kappa shape index (κ3) is 4.87. The van der Waals surface area contributed by atoms with Gasteiger partial charge in [0.2, 0.25) is 0 Å². The molecular weight excluding hydrogens is 364 g/mol. The Morgan fingerprint density at radius 3 is 2.38 bits per heavy atom. The highest BCUT2D eigenvalue weighted by Gasteiger charge is 2.41. The third-order valence-corrected chi connectivity index (χ3v) is 6.52. The summed E-state index contributed by atoms with van der Waals surface area (Å²) in [5.74, 6) is 0.571. The smallest absolute Gasteiger partial charge is 0.310 e. The topological polar surface area (TPSA) is 72.2 Å². The maximum Gasteiger partial charge on any atom is 0.325 e. The van der Waals surface area contributed by atoms with E-state index in [1.54, 1.807) is 0 Å². The first-order valence-electron chi connectivity index (χ1n) is 10.8. The number of nitrogens with one attached hydrogen (secondary N) is 2. The largest absolute Gasteiger partial charge is 0.325 e. The number of rotatable bonds is 5. The molecule has 2 N–H and O–H groups in total. The number of aromatic amines is 2. The molecular formula is C23H32N4O2. The van der Waals surface area contributed by atoms with Gasteiger partial charge in [0.15, 0.2) is 0 Å². The van der Waals surface area contributed by atoms with Crippen molar-refractivity contribution in [2.24, 2.45) is 5.41 Å². The summed E-state index contributed by atoms with van der Waals surface area (Å²) in [6.07, 6.45) is 3.68. The lowest BCUT2D eigenvalue weighted by Gasteiger charge is -2.40. The highest BCUT2D eigenvalue weighted by atomic mass is 16.2. The SMILES string of the molecule is CC(C)c1ccc(CN2CCCC3(CCN(Cc4cc(=O)[nH]c(=O)[nH]4)C3)C2)cc1. The van der Waals surface area contributed by atoms with Crippen molar-refractivity contribution in [3.63, 3.8) is 0 Å². The predicted octanol–water partition coefficient (Wildman–Crippen LogP) is 2.67. The van der Waals surface area contributed by atoms with E-state index < -0.39 is 5.69 Å². The van der Waals surface area contributed by atoms with Crippen LogP contribution in [0.3, 0.4) is 0 Å². The van der Waals surface area contributed by atoms with Crippen LogP contribution in [0.25, 0.3) is 0 Å². The normalized spacial score (nSPS) is 23.3. The highest BCUT2D eigenvalue weighted by Crippen LogP contribution is 2.39. The molecule has 156 valence electrons. The lowest BCUT2D eigenvalue weighted by molar-refractivity contribution is 0.0864. The van der Waals surface area contributed by atoms with Gasteiger partial charge in [0.1, 0.15) is 0 Å². The van der Waals surface area contributed by atoms with Crippen LogP contribution < -0.4 is 11.2 Å². The molecule has 2 fully saturated rings. The third-order valence-electron chi connectivity index (χ3n) is 6.52. The first kappa shape index (κ1) is 20.1. The molecule has 1 unspecified atom stereocenters. The average molecular weight is 397 g/mol. The molecule has 6 nitrogen and oxygen atoms in total. The molecule has 0 saturated carbocycles. The number of aromatic nitrogens is 2. The lowest BCUT2D eigenvalue weighted by atomic mass is 9.79. The fraction of sp³-hybridized carbons (Fsp3) is 0.565. The van der Waals surface area contributed by atoms with E-state index in [-0.39, 0.29) is 5.56 Å². The number of nitrogens with zero attached hydrogens (tertiary/aromatic N) is 2. The summed E-state index contributed by atoms with van der Waals surface area (Å²) in [5, 5.41) is 0. The van der Waals surface area contributed by atoms with Gasteiger partial charge < -0.3 is 4.98 Å². The molecule has 0 radical (unpaired) electrons. The van der Waals surface area contributed by atoms with Crippen LogP contribution in [0.2, 0.25) is 0 Å². The molecule has 0 amide bonds. The second-order valence-electron chi connectivity index (χ2n) is 9.28. The molecule has 29 heavy (non-hydrogen) atoms. The van der Waals surface area contributed by atoms with E-state index in [2.05, 4.69) is 57.9 Å². The molecule has 0 aliphatic carbocycles. The maximum atomic E-state index is 11.6. The number of likely N-dealkylation sites (tertiary alicyclic amines) is 2. The van der Waals surface area contributed by atoms with E-state index in [0.717, 1.165) is 32.7 Å². The second kappa shape index (κ2) is 8.28. The van der Waals surface area contributed by atoms with E-state index in [1.165, 1.54) is 36.5 Å². The van der Waals surface area contributed by atoms with Gasteiger partial charge in [0.05, 0.1) is 0 Å². The van der Waals surface area contributed by atoms with E-state index >= 15 is 0 Å². The Hall–Kier alpha value is -2.18. The molecule has 1 aromatic carbocycles. The van der Waals surface area contributed by atoms with Gasteiger partial charge in [-0.1, -0.05) is 38.1 Å². The maximum absolute atomic E-state index is 11.6. The van der Waals surface area contributed by atoms with E-state index in [0.29, 0.717) is 23.6 Å². The summed E-state index contributed by atoms with van der Waals surface area (Å²) < 4.78 is 0. The first-order valence-corrected chi connectivity index (χ1v) is 10.8. The van der Waals surface area contributed by atoms with Gasteiger partial charge in [-0.2, -0.15) is 0 Å². The number of hydrogen-bond acceptors (Lipinski definition) is 4. The molecule has 3 heterocycles. The molecule has 2 saturated heterocycles. The number of piperidine rings is 1. The summed E-state index contributed by atoms with van der Waals surface area (Å²) in [7, 11) is 0. The minimum atomic E-state index is -0.422. The van der Waals surface area contributed by atoms with Crippen molar-refractivity contribution in [1.29, 1.82) is 0 Å². The van der Waals surface area contributed by atoms with E-state index in [4.69, 9.17) is 0 Å². The Bertz CT molecular complexity index is 918. The Morgan fingerprint density at radius 1 is 0.966 bits per heavy atom. The summed E-state index contributed by atoms with van der Waals surface area (Å²) in [4.78, 5) is 33.1. The Balaban J connectivity index is 1.37. The van der Waals surface area contributed by atoms with Gasteiger partial charge in [0.25, 0.3) is 5.56 Å². The second-order valence-corrected chi connectivity index (χ2v) is 9.28. The molecule has 1 atom stereocenters. The van der Waals surface area contributed by atoms with Gasteiger partial charge in [-0.05, 0) is 54.8 Å². The van der Waals surface area contributed by atoms with Gasteiger partial charge in [-0.15, -0.1) is 0 Å². The quantitative estimate of drug-likeness (QED) is 0.815. The Morgan fingerprint density at radius 2 is 1.69 bits per heavy atom. The minimum absolute atomic E-state index is 0.329. The van der Waals surface area contributed by atoms with Crippen LogP contribution in [0.4, 0.5) is 0 Å². The summed E-state index contributed by atoms with van der Waals surface area (Å²) in [6.45, 7) is 10.5. The number of benzene rings is 1. The monoisotopic (exact) mass is 396 g/mol. The Kier molecular flexibility index (Phi) is 5.74. The zero-order valence-electron chi connectivity index (χ0n) is 17.5. The van der Waals surface area contributed by atoms with Gasteiger partial charge in [-0.3, -0.25) is 19.6 Å². The zero-order valence-corrected chi connectivity index (χ0v) is 17.5. The van der Waals surface area contributed by atoms with Crippen LogP contribution in [0.5, 0.6) is 0 Å². The molecule has 2 aliphatic heterocycles. The molecule has 2 aliphatic rings. The van der Waals surface area contributed by atoms with E-state index in [9.17, 15) is 9.59 Å². The standard InChI is InChI=1S/C23H32N4O2/c1-17(2)19-6-4-18(5-7-19)13-26-10-3-8-23(15-26)9-11-27(16-23)14-20-12-21(28)25-22(29)24-20/h4-7,12,17H,3,8-11,13-16H2,1-2H3,(H2,24,25,28,29). The summed E-state index contributed by atoms with van der Waals surface area (Å²) in [5.41, 5.74) is 3.07. The van der Waals surface area contributed by atoms with Crippen molar-refractivity contribution in [2.75, 3.05) is 26.2 Å². The van der Waals surface area contributed by atoms with Crippen LogP contribution in [0.1, 0.15) is 55.8 Å². The van der Waals surface area contributed by atoms with E-state index in [1.807, 2.05) is 0 Å². The number of hydrogen-bond donors (Lipinski definition) is 2. The van der Waals surface area contributed by atoms with Gasteiger partial charge >= 0.3 is 5.69 Å². The van der Waals surface area contributed by atoms with Crippen molar-refractivity contribution < 1.29 is 0 Å². The van der Waals surface area contributed by atoms with Crippen LogP contribution in [0.15, 0.2) is 39.9 Å². The van der Waals surface area contributed by atoms with Crippen LogP contribution in [-0.4, -0.2) is 45.9 Å². The lowest BCUT2D eigenvalue weighted by Crippen LogP contribution is -2.44. The minimum Gasteiger partial charge on any atom is -0.310 e. The fourth-order valence-corrected chi connectivity index (χ4v) is 5.05. The highest BCUT2D eigenvalue weighted by molar-refractivity contribution is 5.24. The summed E-state index contributed by atoms with van der Waals surface area (Å²) >= 11 is 0. The average Bonchev–Trinajstić information content (AvgIpc) is 3.03.